The van der Waals surface area contributed by atoms with Crippen LogP contribution in [0.2, 0.25) is 5.02 Å². The van der Waals surface area contributed by atoms with Crippen LogP contribution in [0.3, 0.4) is 0 Å². The van der Waals surface area contributed by atoms with Crippen molar-refractivity contribution in [1.29, 1.82) is 0 Å². The van der Waals surface area contributed by atoms with E-state index in [2.05, 4.69) is 0 Å². The SMILES string of the molecule is COCOc1ccc(O)c2c(=O)cc(-c3ccc(Cl)cc3)oc12. The number of ether oxygens (including phenoxy) is 2. The molecule has 0 fully saturated rings. The molecule has 3 aromatic rings. The first-order valence-electron chi connectivity index (χ1n) is 6.77. The average Bonchev–Trinajstić information content (AvgIpc) is 2.54. The third-order valence-electron chi connectivity index (χ3n) is 3.28. The molecule has 1 heterocycles. The van der Waals surface area contributed by atoms with Crippen molar-refractivity contribution in [3.05, 3.63) is 57.7 Å². The zero-order chi connectivity index (χ0) is 16.4. The number of halogens is 1. The Kier molecular flexibility index (Phi) is 4.23. The number of hydrogen-bond donors (Lipinski definition) is 1. The summed E-state index contributed by atoms with van der Waals surface area (Å²) in [5.41, 5.74) is 0.491. The molecule has 5 nitrogen and oxygen atoms in total. The molecule has 0 aliphatic heterocycles. The molecule has 3 rings (SSSR count). The van der Waals surface area contributed by atoms with Gasteiger partial charge in [-0.15, -0.1) is 0 Å². The molecule has 0 atom stereocenters. The highest BCUT2D eigenvalue weighted by molar-refractivity contribution is 6.30. The molecule has 0 aliphatic rings. The van der Waals surface area contributed by atoms with E-state index in [1.165, 1.54) is 25.3 Å². The topological polar surface area (TPSA) is 68.9 Å². The van der Waals surface area contributed by atoms with Crippen LogP contribution in [-0.2, 0) is 4.74 Å². The second kappa shape index (κ2) is 6.32. The summed E-state index contributed by atoms with van der Waals surface area (Å²) in [6.45, 7) is -0.00520. The fraction of sp³-hybridized carbons (Fsp3) is 0.118. The van der Waals surface area contributed by atoms with Crippen LogP contribution in [0.25, 0.3) is 22.3 Å². The van der Waals surface area contributed by atoms with Gasteiger partial charge in [-0.2, -0.15) is 0 Å². The summed E-state index contributed by atoms with van der Waals surface area (Å²) in [5, 5.41) is 10.6. The fourth-order valence-electron chi connectivity index (χ4n) is 2.22. The highest BCUT2D eigenvalue weighted by atomic mass is 35.5. The molecule has 1 N–H and O–H groups in total. The van der Waals surface area contributed by atoms with Gasteiger partial charge in [0.1, 0.15) is 16.9 Å². The van der Waals surface area contributed by atoms with Crippen LogP contribution < -0.4 is 10.2 Å². The Bertz CT molecular complexity index is 899. The van der Waals surface area contributed by atoms with E-state index in [9.17, 15) is 9.90 Å². The lowest BCUT2D eigenvalue weighted by molar-refractivity contribution is 0.0514. The largest absolute Gasteiger partial charge is 0.507 e. The fourth-order valence-corrected chi connectivity index (χ4v) is 2.34. The van der Waals surface area contributed by atoms with E-state index in [1.807, 2.05) is 0 Å². The van der Waals surface area contributed by atoms with Crippen LogP contribution in [0, 0.1) is 0 Å². The number of methoxy groups -OCH3 is 1. The van der Waals surface area contributed by atoms with Crippen molar-refractivity contribution in [3.8, 4) is 22.8 Å². The summed E-state index contributed by atoms with van der Waals surface area (Å²) < 4.78 is 16.1. The maximum atomic E-state index is 12.4. The van der Waals surface area contributed by atoms with Crippen molar-refractivity contribution in [1.82, 2.24) is 0 Å². The smallest absolute Gasteiger partial charge is 0.197 e. The van der Waals surface area contributed by atoms with Crippen LogP contribution in [0.15, 0.2) is 51.7 Å². The summed E-state index contributed by atoms with van der Waals surface area (Å²) in [4.78, 5) is 12.4. The van der Waals surface area contributed by atoms with Gasteiger partial charge >= 0.3 is 0 Å². The normalized spacial score (nSPS) is 10.9. The van der Waals surface area contributed by atoms with Crippen LogP contribution in [0.1, 0.15) is 0 Å². The predicted molar refractivity (Wildman–Crippen MR) is 87.1 cm³/mol. The van der Waals surface area contributed by atoms with Gasteiger partial charge in [0.2, 0.25) is 0 Å². The molecular formula is C17H13ClO5. The van der Waals surface area contributed by atoms with E-state index in [-0.39, 0.29) is 28.9 Å². The van der Waals surface area contributed by atoms with Gasteiger partial charge in [-0.25, -0.2) is 0 Å². The van der Waals surface area contributed by atoms with Gasteiger partial charge in [0.25, 0.3) is 0 Å². The molecule has 0 aliphatic carbocycles. The van der Waals surface area contributed by atoms with Crippen molar-refractivity contribution < 1.29 is 19.0 Å². The number of aromatic hydroxyl groups is 1. The quantitative estimate of drug-likeness (QED) is 0.736. The maximum Gasteiger partial charge on any atom is 0.197 e. The van der Waals surface area contributed by atoms with E-state index in [0.29, 0.717) is 22.1 Å². The minimum Gasteiger partial charge on any atom is -0.507 e. The van der Waals surface area contributed by atoms with Crippen LogP contribution in [0.4, 0.5) is 0 Å². The number of phenolic OH excluding ortho intramolecular Hbond substituents is 1. The van der Waals surface area contributed by atoms with Gasteiger partial charge in [0.05, 0.1) is 0 Å². The minimum atomic E-state index is -0.364. The lowest BCUT2D eigenvalue weighted by Gasteiger charge is -2.10. The lowest BCUT2D eigenvalue weighted by atomic mass is 10.1. The van der Waals surface area contributed by atoms with Crippen molar-refractivity contribution in [2.75, 3.05) is 13.9 Å². The van der Waals surface area contributed by atoms with Crippen molar-refractivity contribution in [2.24, 2.45) is 0 Å². The molecular weight excluding hydrogens is 320 g/mol. The summed E-state index contributed by atoms with van der Waals surface area (Å²) in [7, 11) is 1.48. The molecule has 0 unspecified atom stereocenters. The number of rotatable bonds is 4. The van der Waals surface area contributed by atoms with Crippen LogP contribution in [-0.4, -0.2) is 19.0 Å². The number of fused-ring (bicyclic) bond motifs is 1. The number of hydrogen-bond acceptors (Lipinski definition) is 5. The molecule has 0 spiro atoms. The summed E-state index contributed by atoms with van der Waals surface area (Å²) >= 11 is 5.87. The summed E-state index contributed by atoms with van der Waals surface area (Å²) in [6, 6.07) is 11.1. The van der Waals surface area contributed by atoms with Gasteiger partial charge in [0, 0.05) is 23.8 Å². The Balaban J connectivity index is 2.22. The lowest BCUT2D eigenvalue weighted by Crippen LogP contribution is -2.04. The third kappa shape index (κ3) is 3.02. The van der Waals surface area contributed by atoms with Gasteiger partial charge in [-0.1, -0.05) is 11.6 Å². The molecule has 0 radical (unpaired) electrons. The van der Waals surface area contributed by atoms with Crippen molar-refractivity contribution in [2.45, 2.75) is 0 Å². The number of benzene rings is 2. The van der Waals surface area contributed by atoms with E-state index < -0.39 is 0 Å². The molecule has 0 bridgehead atoms. The summed E-state index contributed by atoms with van der Waals surface area (Å²) in [6.07, 6.45) is 0. The molecule has 0 saturated carbocycles. The van der Waals surface area contributed by atoms with Crippen LogP contribution >= 0.6 is 11.6 Å². The molecule has 1 aromatic heterocycles. The second-order valence-electron chi connectivity index (χ2n) is 4.82. The molecule has 118 valence electrons. The Hall–Kier alpha value is -2.50. The standard InChI is InChI=1S/C17H13ClO5/c1-21-9-22-14-7-6-12(19)16-13(20)8-15(23-17(14)16)10-2-4-11(18)5-3-10/h2-8,19H,9H2,1H3. The molecule has 6 heteroatoms. The second-order valence-corrected chi connectivity index (χ2v) is 5.26. The van der Waals surface area contributed by atoms with Crippen molar-refractivity contribution in [3.63, 3.8) is 0 Å². The molecule has 0 amide bonds. The Morgan fingerprint density at radius 1 is 1.17 bits per heavy atom. The predicted octanol–water partition coefficient (Wildman–Crippen LogP) is 3.80. The molecule has 23 heavy (non-hydrogen) atoms. The molecule has 2 aromatic carbocycles. The first kappa shape index (κ1) is 15.4. The van der Waals surface area contributed by atoms with Gasteiger partial charge in [0.15, 0.2) is 23.6 Å². The molecule has 0 saturated heterocycles. The third-order valence-corrected chi connectivity index (χ3v) is 3.53. The Morgan fingerprint density at radius 2 is 1.91 bits per heavy atom. The zero-order valence-electron chi connectivity index (χ0n) is 12.2. The zero-order valence-corrected chi connectivity index (χ0v) is 13.0. The van der Waals surface area contributed by atoms with Crippen molar-refractivity contribution >= 4 is 22.6 Å². The van der Waals surface area contributed by atoms with E-state index in [1.54, 1.807) is 24.3 Å². The van der Waals surface area contributed by atoms with Crippen LogP contribution in [0.5, 0.6) is 11.5 Å². The maximum absolute atomic E-state index is 12.4. The van der Waals surface area contributed by atoms with Gasteiger partial charge < -0.3 is 19.0 Å². The first-order chi connectivity index (χ1) is 11.1. The first-order valence-corrected chi connectivity index (χ1v) is 7.15. The Labute approximate surface area is 136 Å². The van der Waals surface area contributed by atoms with E-state index in [4.69, 9.17) is 25.5 Å². The van der Waals surface area contributed by atoms with Gasteiger partial charge in [-0.3, -0.25) is 4.79 Å². The Morgan fingerprint density at radius 3 is 2.61 bits per heavy atom. The highest BCUT2D eigenvalue weighted by Gasteiger charge is 2.15. The number of phenols is 1. The van der Waals surface area contributed by atoms with E-state index >= 15 is 0 Å². The summed E-state index contributed by atoms with van der Waals surface area (Å²) in [5.74, 6) is 0.501. The minimum absolute atomic E-state index is 0.00520. The monoisotopic (exact) mass is 332 g/mol. The highest BCUT2D eigenvalue weighted by Crippen LogP contribution is 2.33. The van der Waals surface area contributed by atoms with E-state index in [0.717, 1.165) is 0 Å². The average molecular weight is 333 g/mol. The van der Waals surface area contributed by atoms with Gasteiger partial charge in [-0.05, 0) is 36.4 Å².